The van der Waals surface area contributed by atoms with Gasteiger partial charge in [0.1, 0.15) is 0 Å². The molecule has 13 heavy (non-hydrogen) atoms. The van der Waals surface area contributed by atoms with Crippen LogP contribution in [0.4, 0.5) is 0 Å². The number of hydrogen-bond acceptors (Lipinski definition) is 3. The van der Waals surface area contributed by atoms with E-state index in [2.05, 4.69) is 30.9 Å². The highest BCUT2D eigenvalue weighted by molar-refractivity contribution is 7.99. The lowest BCUT2D eigenvalue weighted by molar-refractivity contribution is 0.318. The summed E-state index contributed by atoms with van der Waals surface area (Å²) in [6.45, 7) is 6.60. The molecule has 0 bridgehead atoms. The van der Waals surface area contributed by atoms with Gasteiger partial charge in [0.2, 0.25) is 0 Å². The van der Waals surface area contributed by atoms with Crippen molar-refractivity contribution >= 4 is 11.8 Å². The van der Waals surface area contributed by atoms with Crippen LogP contribution in [0.5, 0.6) is 0 Å². The van der Waals surface area contributed by atoms with Crippen molar-refractivity contribution in [3.8, 4) is 0 Å². The fourth-order valence-corrected chi connectivity index (χ4v) is 3.11. The van der Waals surface area contributed by atoms with Gasteiger partial charge in [-0.3, -0.25) is 0 Å². The number of thioether (sulfide) groups is 1. The number of nitrogens with one attached hydrogen (secondary N) is 1. The summed E-state index contributed by atoms with van der Waals surface area (Å²) < 4.78 is 0. The monoisotopic (exact) mass is 202 g/mol. The second kappa shape index (κ2) is 5.23. The van der Waals surface area contributed by atoms with Crippen molar-refractivity contribution < 1.29 is 0 Å². The van der Waals surface area contributed by atoms with Gasteiger partial charge in [-0.2, -0.15) is 11.8 Å². The third-order valence-corrected chi connectivity index (χ3v) is 4.05. The quantitative estimate of drug-likeness (QED) is 0.678. The first-order chi connectivity index (χ1) is 6.14. The number of rotatable bonds is 4. The van der Waals surface area contributed by atoms with Crippen molar-refractivity contribution in [2.45, 2.75) is 32.7 Å². The standard InChI is InChI=1S/C10H22N2S/c1-10(2)6-9(7-13-8-10)12-5-3-4-11/h9,12H,3-8,11H2,1-2H3. The number of nitrogens with two attached hydrogens (primary N) is 1. The lowest BCUT2D eigenvalue weighted by Gasteiger charge is -2.35. The molecule has 0 aromatic rings. The van der Waals surface area contributed by atoms with E-state index in [1.165, 1.54) is 17.9 Å². The summed E-state index contributed by atoms with van der Waals surface area (Å²) in [6, 6.07) is 0.709. The summed E-state index contributed by atoms with van der Waals surface area (Å²) in [5, 5.41) is 3.58. The van der Waals surface area contributed by atoms with Gasteiger partial charge in [0.25, 0.3) is 0 Å². The van der Waals surface area contributed by atoms with Gasteiger partial charge in [0.05, 0.1) is 0 Å². The minimum absolute atomic E-state index is 0.517. The molecule has 1 aliphatic rings. The Labute approximate surface area is 86.0 Å². The summed E-state index contributed by atoms with van der Waals surface area (Å²) in [5.41, 5.74) is 5.97. The Kier molecular flexibility index (Phi) is 4.56. The average Bonchev–Trinajstić information content (AvgIpc) is 2.03. The van der Waals surface area contributed by atoms with Crippen molar-refractivity contribution in [2.75, 3.05) is 24.6 Å². The van der Waals surface area contributed by atoms with Crippen LogP contribution in [0, 0.1) is 5.41 Å². The lowest BCUT2D eigenvalue weighted by Crippen LogP contribution is -2.41. The van der Waals surface area contributed by atoms with Crippen LogP contribution in [0.2, 0.25) is 0 Å². The van der Waals surface area contributed by atoms with Crippen LogP contribution in [0.3, 0.4) is 0 Å². The molecule has 1 aliphatic heterocycles. The highest BCUT2D eigenvalue weighted by Crippen LogP contribution is 2.33. The molecule has 1 heterocycles. The van der Waals surface area contributed by atoms with E-state index in [9.17, 15) is 0 Å². The van der Waals surface area contributed by atoms with Crippen molar-refractivity contribution in [2.24, 2.45) is 11.1 Å². The van der Waals surface area contributed by atoms with E-state index in [4.69, 9.17) is 5.73 Å². The molecule has 0 radical (unpaired) electrons. The maximum absolute atomic E-state index is 5.45. The molecule has 78 valence electrons. The molecule has 0 aliphatic carbocycles. The highest BCUT2D eigenvalue weighted by Gasteiger charge is 2.27. The van der Waals surface area contributed by atoms with Crippen molar-refractivity contribution in [1.29, 1.82) is 0 Å². The SMILES string of the molecule is CC1(C)CSCC(NCCCN)C1. The predicted molar refractivity (Wildman–Crippen MR) is 61.2 cm³/mol. The Morgan fingerprint density at radius 1 is 1.54 bits per heavy atom. The molecular weight excluding hydrogens is 180 g/mol. The Morgan fingerprint density at radius 2 is 2.31 bits per heavy atom. The molecule has 1 saturated heterocycles. The van der Waals surface area contributed by atoms with E-state index >= 15 is 0 Å². The van der Waals surface area contributed by atoms with Crippen LogP contribution in [0.25, 0.3) is 0 Å². The molecule has 0 saturated carbocycles. The third-order valence-electron chi connectivity index (χ3n) is 2.42. The van der Waals surface area contributed by atoms with Gasteiger partial charge in [0, 0.05) is 11.8 Å². The summed E-state index contributed by atoms with van der Waals surface area (Å²) in [5.74, 6) is 2.58. The van der Waals surface area contributed by atoms with Crippen LogP contribution in [-0.2, 0) is 0 Å². The van der Waals surface area contributed by atoms with Gasteiger partial charge in [-0.25, -0.2) is 0 Å². The van der Waals surface area contributed by atoms with Gasteiger partial charge < -0.3 is 11.1 Å². The molecule has 0 spiro atoms. The Bertz CT molecular complexity index is 148. The van der Waals surface area contributed by atoms with E-state index in [1.54, 1.807) is 0 Å². The van der Waals surface area contributed by atoms with E-state index in [1.807, 2.05) is 0 Å². The van der Waals surface area contributed by atoms with Crippen LogP contribution >= 0.6 is 11.8 Å². The van der Waals surface area contributed by atoms with Gasteiger partial charge >= 0.3 is 0 Å². The van der Waals surface area contributed by atoms with E-state index < -0.39 is 0 Å². The van der Waals surface area contributed by atoms with Crippen LogP contribution in [0.1, 0.15) is 26.7 Å². The molecular formula is C10H22N2S. The summed E-state index contributed by atoms with van der Waals surface area (Å²) in [6.07, 6.45) is 2.41. The lowest BCUT2D eigenvalue weighted by atomic mass is 9.88. The minimum Gasteiger partial charge on any atom is -0.330 e. The van der Waals surface area contributed by atoms with Gasteiger partial charge in [-0.15, -0.1) is 0 Å². The smallest absolute Gasteiger partial charge is 0.0163 e. The molecule has 2 nitrogen and oxygen atoms in total. The first kappa shape index (κ1) is 11.3. The normalized spacial score (nSPS) is 27.5. The van der Waals surface area contributed by atoms with E-state index in [-0.39, 0.29) is 0 Å². The van der Waals surface area contributed by atoms with Crippen LogP contribution in [-0.4, -0.2) is 30.6 Å². The van der Waals surface area contributed by atoms with Gasteiger partial charge in [-0.05, 0) is 37.1 Å². The van der Waals surface area contributed by atoms with Crippen molar-refractivity contribution in [1.82, 2.24) is 5.32 Å². The third kappa shape index (κ3) is 4.34. The molecule has 1 fully saturated rings. The molecule has 1 rings (SSSR count). The highest BCUT2D eigenvalue weighted by atomic mass is 32.2. The van der Waals surface area contributed by atoms with Crippen LogP contribution in [0.15, 0.2) is 0 Å². The Balaban J connectivity index is 2.19. The first-order valence-corrected chi connectivity index (χ1v) is 6.31. The topological polar surface area (TPSA) is 38.0 Å². The molecule has 1 unspecified atom stereocenters. The summed E-state index contributed by atoms with van der Waals surface area (Å²) >= 11 is 2.07. The fourth-order valence-electron chi connectivity index (χ4n) is 1.80. The summed E-state index contributed by atoms with van der Waals surface area (Å²) in [4.78, 5) is 0. The zero-order valence-corrected chi connectivity index (χ0v) is 9.62. The zero-order valence-electron chi connectivity index (χ0n) is 8.81. The zero-order chi connectivity index (χ0) is 9.73. The van der Waals surface area contributed by atoms with Crippen LogP contribution < -0.4 is 11.1 Å². The number of hydrogen-bond donors (Lipinski definition) is 2. The fraction of sp³-hybridized carbons (Fsp3) is 1.00. The molecule has 0 amide bonds. The van der Waals surface area contributed by atoms with Gasteiger partial charge in [-0.1, -0.05) is 13.8 Å². The van der Waals surface area contributed by atoms with E-state index in [0.717, 1.165) is 19.5 Å². The second-order valence-corrected chi connectivity index (χ2v) is 5.71. The maximum atomic E-state index is 5.45. The first-order valence-electron chi connectivity index (χ1n) is 5.15. The largest absolute Gasteiger partial charge is 0.330 e. The molecule has 1 atom stereocenters. The Hall–Kier alpha value is 0.270. The second-order valence-electron chi connectivity index (χ2n) is 4.68. The maximum Gasteiger partial charge on any atom is 0.0163 e. The average molecular weight is 202 g/mol. The van der Waals surface area contributed by atoms with Gasteiger partial charge in [0.15, 0.2) is 0 Å². The van der Waals surface area contributed by atoms with E-state index in [0.29, 0.717) is 11.5 Å². The van der Waals surface area contributed by atoms with Crippen molar-refractivity contribution in [3.05, 3.63) is 0 Å². The predicted octanol–water partition coefficient (Wildman–Crippen LogP) is 1.46. The Morgan fingerprint density at radius 3 is 2.92 bits per heavy atom. The molecule has 3 N–H and O–H groups in total. The van der Waals surface area contributed by atoms with Crippen molar-refractivity contribution in [3.63, 3.8) is 0 Å². The molecule has 3 heteroatoms. The minimum atomic E-state index is 0.517. The molecule has 0 aromatic carbocycles. The summed E-state index contributed by atoms with van der Waals surface area (Å²) in [7, 11) is 0. The molecule has 0 aromatic heterocycles.